The van der Waals surface area contributed by atoms with Gasteiger partial charge in [-0.3, -0.25) is 0 Å². The fourth-order valence-electron chi connectivity index (χ4n) is 1.36. The average Bonchev–Trinajstić information content (AvgIpc) is 2.76. The Morgan fingerprint density at radius 1 is 1.33 bits per heavy atom. The summed E-state index contributed by atoms with van der Waals surface area (Å²) in [6.45, 7) is 6.96. The Kier molecular flexibility index (Phi) is 4.48. The summed E-state index contributed by atoms with van der Waals surface area (Å²) in [6, 6.07) is 0. The highest BCUT2D eigenvalue weighted by Gasteiger charge is 2.10. The number of hydrogen-bond acceptors (Lipinski definition) is 7. The second kappa shape index (κ2) is 6.10. The summed E-state index contributed by atoms with van der Waals surface area (Å²) in [7, 11) is 0. The Bertz CT molecular complexity index is 526. The standard InChI is InChI=1S/C11H15N5S2/c1-4-5-12-9-7(2)10(14-6-13-9)17-11-15-8(3)16-18-11/h6H,4-5H2,1-3H3,(H,12,13,14). The van der Waals surface area contributed by atoms with Crippen molar-refractivity contribution >= 4 is 29.1 Å². The lowest BCUT2D eigenvalue weighted by atomic mass is 10.3. The zero-order valence-electron chi connectivity index (χ0n) is 10.6. The highest BCUT2D eigenvalue weighted by molar-refractivity contribution is 8.00. The van der Waals surface area contributed by atoms with E-state index >= 15 is 0 Å². The van der Waals surface area contributed by atoms with Crippen molar-refractivity contribution in [1.29, 1.82) is 0 Å². The van der Waals surface area contributed by atoms with Crippen molar-refractivity contribution in [2.45, 2.75) is 36.6 Å². The van der Waals surface area contributed by atoms with Crippen LogP contribution < -0.4 is 5.32 Å². The van der Waals surface area contributed by atoms with E-state index in [1.54, 1.807) is 6.33 Å². The van der Waals surface area contributed by atoms with Crippen molar-refractivity contribution in [3.63, 3.8) is 0 Å². The fourth-order valence-corrected chi connectivity index (χ4v) is 2.98. The molecule has 2 aromatic heterocycles. The SMILES string of the molecule is CCCNc1ncnc(Sc2nc(C)ns2)c1C. The van der Waals surface area contributed by atoms with Crippen LogP contribution in [0, 0.1) is 13.8 Å². The molecule has 0 radical (unpaired) electrons. The first kappa shape index (κ1) is 13.2. The lowest BCUT2D eigenvalue weighted by molar-refractivity contribution is 0.938. The number of nitrogens with one attached hydrogen (secondary N) is 1. The van der Waals surface area contributed by atoms with Gasteiger partial charge in [-0.25, -0.2) is 15.0 Å². The van der Waals surface area contributed by atoms with Crippen molar-refractivity contribution in [3.05, 3.63) is 17.7 Å². The predicted molar refractivity (Wildman–Crippen MR) is 74.3 cm³/mol. The van der Waals surface area contributed by atoms with Gasteiger partial charge in [0, 0.05) is 12.1 Å². The van der Waals surface area contributed by atoms with Crippen LogP contribution in [0.5, 0.6) is 0 Å². The van der Waals surface area contributed by atoms with E-state index in [0.717, 1.165) is 39.5 Å². The van der Waals surface area contributed by atoms with Gasteiger partial charge in [-0.05, 0) is 43.6 Å². The molecule has 96 valence electrons. The summed E-state index contributed by atoms with van der Waals surface area (Å²) < 4.78 is 5.08. The van der Waals surface area contributed by atoms with Gasteiger partial charge in [0.05, 0.1) is 0 Å². The maximum atomic E-state index is 4.33. The Labute approximate surface area is 115 Å². The lowest BCUT2D eigenvalue weighted by Crippen LogP contribution is -2.05. The summed E-state index contributed by atoms with van der Waals surface area (Å²) >= 11 is 2.93. The molecule has 0 spiro atoms. The summed E-state index contributed by atoms with van der Waals surface area (Å²) in [5.41, 5.74) is 1.06. The van der Waals surface area contributed by atoms with E-state index in [1.165, 1.54) is 23.3 Å². The normalized spacial score (nSPS) is 10.6. The molecule has 0 atom stereocenters. The van der Waals surface area contributed by atoms with Crippen LogP contribution in [0.4, 0.5) is 5.82 Å². The van der Waals surface area contributed by atoms with Gasteiger partial charge in [0.15, 0.2) is 4.34 Å². The highest BCUT2D eigenvalue weighted by atomic mass is 32.2. The molecule has 0 bridgehead atoms. The number of nitrogens with zero attached hydrogens (tertiary/aromatic N) is 4. The van der Waals surface area contributed by atoms with Gasteiger partial charge < -0.3 is 5.32 Å². The largest absolute Gasteiger partial charge is 0.370 e. The van der Waals surface area contributed by atoms with E-state index < -0.39 is 0 Å². The van der Waals surface area contributed by atoms with Gasteiger partial charge in [-0.2, -0.15) is 4.37 Å². The Hall–Kier alpha value is -1.21. The van der Waals surface area contributed by atoms with Gasteiger partial charge in [-0.1, -0.05) is 6.92 Å². The first-order chi connectivity index (χ1) is 8.70. The van der Waals surface area contributed by atoms with Gasteiger partial charge in [0.2, 0.25) is 0 Å². The molecule has 0 aromatic carbocycles. The minimum absolute atomic E-state index is 0.804. The van der Waals surface area contributed by atoms with E-state index in [0.29, 0.717) is 0 Å². The topological polar surface area (TPSA) is 63.6 Å². The van der Waals surface area contributed by atoms with Crippen molar-refractivity contribution in [2.24, 2.45) is 0 Å². The summed E-state index contributed by atoms with van der Waals surface area (Å²) in [4.78, 5) is 12.9. The van der Waals surface area contributed by atoms with Crippen molar-refractivity contribution < 1.29 is 0 Å². The van der Waals surface area contributed by atoms with Crippen LogP contribution in [-0.4, -0.2) is 25.9 Å². The molecule has 2 heterocycles. The Morgan fingerprint density at radius 3 is 2.83 bits per heavy atom. The molecule has 5 nitrogen and oxygen atoms in total. The molecule has 0 saturated heterocycles. The van der Waals surface area contributed by atoms with Gasteiger partial charge >= 0.3 is 0 Å². The quantitative estimate of drug-likeness (QED) is 0.850. The Balaban J connectivity index is 2.17. The third-order valence-electron chi connectivity index (χ3n) is 2.27. The highest BCUT2D eigenvalue weighted by Crippen LogP contribution is 2.31. The molecule has 0 aliphatic carbocycles. The van der Waals surface area contributed by atoms with Crippen LogP contribution in [-0.2, 0) is 0 Å². The maximum absolute atomic E-state index is 4.33. The molecule has 1 N–H and O–H groups in total. The molecule has 0 amide bonds. The van der Waals surface area contributed by atoms with E-state index in [2.05, 4.69) is 31.6 Å². The number of aromatic nitrogens is 4. The smallest absolute Gasteiger partial charge is 0.176 e. The van der Waals surface area contributed by atoms with E-state index in [-0.39, 0.29) is 0 Å². The first-order valence-corrected chi connectivity index (χ1v) is 7.33. The average molecular weight is 281 g/mol. The summed E-state index contributed by atoms with van der Waals surface area (Å²) in [6.07, 6.45) is 2.66. The maximum Gasteiger partial charge on any atom is 0.176 e. The molecule has 2 aromatic rings. The number of anilines is 1. The van der Waals surface area contributed by atoms with Gasteiger partial charge in [-0.15, -0.1) is 0 Å². The van der Waals surface area contributed by atoms with Crippen LogP contribution in [0.15, 0.2) is 15.7 Å². The third kappa shape index (κ3) is 3.17. The second-order valence-electron chi connectivity index (χ2n) is 3.79. The van der Waals surface area contributed by atoms with Crippen LogP contribution in [0.25, 0.3) is 0 Å². The predicted octanol–water partition coefficient (Wildman–Crippen LogP) is 2.92. The fraction of sp³-hybridized carbons (Fsp3) is 0.455. The molecule has 2 rings (SSSR count). The van der Waals surface area contributed by atoms with Crippen LogP contribution >= 0.6 is 23.3 Å². The summed E-state index contributed by atoms with van der Waals surface area (Å²) in [5.74, 6) is 1.70. The first-order valence-electron chi connectivity index (χ1n) is 5.74. The molecule has 0 saturated carbocycles. The van der Waals surface area contributed by atoms with Gasteiger partial charge in [0.25, 0.3) is 0 Å². The zero-order valence-corrected chi connectivity index (χ0v) is 12.2. The molecular formula is C11H15N5S2. The monoisotopic (exact) mass is 281 g/mol. The minimum atomic E-state index is 0.804. The van der Waals surface area contributed by atoms with E-state index in [1.807, 2.05) is 13.8 Å². The molecule has 0 unspecified atom stereocenters. The molecule has 0 fully saturated rings. The van der Waals surface area contributed by atoms with Crippen molar-refractivity contribution in [3.8, 4) is 0 Å². The Morgan fingerprint density at radius 2 is 2.17 bits per heavy atom. The molecular weight excluding hydrogens is 266 g/mol. The number of hydrogen-bond donors (Lipinski definition) is 1. The minimum Gasteiger partial charge on any atom is -0.370 e. The zero-order chi connectivity index (χ0) is 13.0. The third-order valence-corrected chi connectivity index (χ3v) is 4.22. The second-order valence-corrected chi connectivity index (χ2v) is 5.78. The van der Waals surface area contributed by atoms with Gasteiger partial charge in [0.1, 0.15) is 23.0 Å². The van der Waals surface area contributed by atoms with Crippen molar-refractivity contribution in [1.82, 2.24) is 19.3 Å². The summed E-state index contributed by atoms with van der Waals surface area (Å²) in [5, 5.41) is 4.23. The molecule has 0 aliphatic rings. The van der Waals surface area contributed by atoms with Crippen LogP contribution in [0.2, 0.25) is 0 Å². The van der Waals surface area contributed by atoms with Crippen LogP contribution in [0.1, 0.15) is 24.7 Å². The number of rotatable bonds is 5. The van der Waals surface area contributed by atoms with E-state index in [4.69, 9.17) is 0 Å². The lowest BCUT2D eigenvalue weighted by Gasteiger charge is -2.09. The van der Waals surface area contributed by atoms with Crippen LogP contribution in [0.3, 0.4) is 0 Å². The van der Waals surface area contributed by atoms with E-state index in [9.17, 15) is 0 Å². The molecule has 7 heteroatoms. The number of aryl methyl sites for hydroxylation is 1. The molecule has 18 heavy (non-hydrogen) atoms. The molecule has 0 aliphatic heterocycles. The van der Waals surface area contributed by atoms with Crippen molar-refractivity contribution in [2.75, 3.05) is 11.9 Å².